The maximum absolute atomic E-state index is 12.9. The molecule has 0 radical (unpaired) electrons. The quantitative estimate of drug-likeness (QED) is 0.860. The first kappa shape index (κ1) is 18.3. The zero-order valence-corrected chi connectivity index (χ0v) is 15.1. The molecule has 2 aromatic carbocycles. The number of amides is 1. The summed E-state index contributed by atoms with van der Waals surface area (Å²) in [6.45, 7) is 4.19. The highest BCUT2D eigenvalue weighted by atomic mass is 19.1. The van der Waals surface area contributed by atoms with Crippen molar-refractivity contribution in [2.75, 3.05) is 19.6 Å². The molecule has 136 valence electrons. The van der Waals surface area contributed by atoms with Crippen LogP contribution < -0.4 is 5.32 Å². The Labute approximate surface area is 154 Å². The minimum absolute atomic E-state index is 0.0451. The van der Waals surface area contributed by atoms with E-state index in [0.29, 0.717) is 13.0 Å². The normalized spacial score (nSPS) is 16.0. The molecule has 4 heteroatoms. The van der Waals surface area contributed by atoms with E-state index in [2.05, 4.69) is 40.6 Å². The predicted octanol–water partition coefficient (Wildman–Crippen LogP) is 3.66. The van der Waals surface area contributed by atoms with Gasteiger partial charge in [-0.1, -0.05) is 48.5 Å². The number of carbonyl (C=O) groups is 1. The standard InChI is InChI=1S/C22H25FN2O/c1-17(22(26)24-14-11-18-7-9-21(23)10-8-18)25-15-12-20(13-16-25)19-5-3-2-4-6-19/h2-10,12,17H,11,13-16H2,1H3,(H,24,26)/t17-/m0/s1. The van der Waals surface area contributed by atoms with Gasteiger partial charge in [-0.15, -0.1) is 0 Å². The minimum atomic E-state index is -0.237. The Hall–Kier alpha value is -2.46. The molecule has 26 heavy (non-hydrogen) atoms. The van der Waals surface area contributed by atoms with Gasteiger partial charge in [-0.2, -0.15) is 0 Å². The second-order valence-corrected chi connectivity index (χ2v) is 6.68. The molecule has 1 heterocycles. The molecular weight excluding hydrogens is 327 g/mol. The maximum atomic E-state index is 12.9. The summed E-state index contributed by atoms with van der Waals surface area (Å²) in [7, 11) is 0. The van der Waals surface area contributed by atoms with E-state index in [0.717, 1.165) is 25.1 Å². The van der Waals surface area contributed by atoms with Crippen molar-refractivity contribution in [1.29, 1.82) is 0 Å². The van der Waals surface area contributed by atoms with Crippen molar-refractivity contribution in [2.45, 2.75) is 25.8 Å². The lowest BCUT2D eigenvalue weighted by Gasteiger charge is -2.31. The third kappa shape index (κ3) is 4.79. The summed E-state index contributed by atoms with van der Waals surface area (Å²) in [4.78, 5) is 14.6. The molecule has 0 saturated heterocycles. The van der Waals surface area contributed by atoms with Crippen molar-refractivity contribution in [3.05, 3.63) is 77.6 Å². The van der Waals surface area contributed by atoms with E-state index in [-0.39, 0.29) is 17.8 Å². The summed E-state index contributed by atoms with van der Waals surface area (Å²) in [5.74, 6) is -0.192. The van der Waals surface area contributed by atoms with Gasteiger partial charge < -0.3 is 5.32 Å². The maximum Gasteiger partial charge on any atom is 0.237 e. The van der Waals surface area contributed by atoms with E-state index in [9.17, 15) is 9.18 Å². The molecule has 3 rings (SSSR count). The van der Waals surface area contributed by atoms with Gasteiger partial charge in [0.1, 0.15) is 5.82 Å². The van der Waals surface area contributed by atoms with Crippen molar-refractivity contribution in [3.8, 4) is 0 Å². The second-order valence-electron chi connectivity index (χ2n) is 6.68. The van der Waals surface area contributed by atoms with Gasteiger partial charge in [0.05, 0.1) is 6.04 Å². The average molecular weight is 352 g/mol. The molecule has 1 amide bonds. The van der Waals surface area contributed by atoms with E-state index in [1.807, 2.05) is 13.0 Å². The van der Waals surface area contributed by atoms with Crippen molar-refractivity contribution in [2.24, 2.45) is 0 Å². The van der Waals surface area contributed by atoms with Crippen molar-refractivity contribution in [1.82, 2.24) is 10.2 Å². The van der Waals surface area contributed by atoms with E-state index in [1.54, 1.807) is 12.1 Å². The molecule has 0 bridgehead atoms. The largest absolute Gasteiger partial charge is 0.354 e. The fourth-order valence-electron chi connectivity index (χ4n) is 3.25. The SMILES string of the molecule is C[C@@H](C(=O)NCCc1ccc(F)cc1)N1CC=C(c2ccccc2)CC1. The Balaban J connectivity index is 1.47. The number of carbonyl (C=O) groups excluding carboxylic acids is 1. The average Bonchev–Trinajstić information content (AvgIpc) is 2.69. The number of halogens is 1. The van der Waals surface area contributed by atoms with Crippen LogP contribution in [0.3, 0.4) is 0 Å². The zero-order chi connectivity index (χ0) is 18.4. The van der Waals surface area contributed by atoms with Crippen LogP contribution in [-0.4, -0.2) is 36.5 Å². The molecule has 3 nitrogen and oxygen atoms in total. The third-order valence-corrected chi connectivity index (χ3v) is 4.94. The number of nitrogens with zero attached hydrogens (tertiary/aromatic N) is 1. The van der Waals surface area contributed by atoms with Gasteiger partial charge in [0.15, 0.2) is 0 Å². The van der Waals surface area contributed by atoms with Crippen molar-refractivity contribution < 1.29 is 9.18 Å². The molecule has 1 N–H and O–H groups in total. The van der Waals surface area contributed by atoms with Gasteiger partial charge in [0, 0.05) is 19.6 Å². The highest BCUT2D eigenvalue weighted by Gasteiger charge is 2.23. The van der Waals surface area contributed by atoms with Crippen LogP contribution in [0.5, 0.6) is 0 Å². The summed E-state index contributed by atoms with van der Waals surface area (Å²) in [6.07, 6.45) is 3.88. The van der Waals surface area contributed by atoms with Gasteiger partial charge in [-0.05, 0) is 48.6 Å². The van der Waals surface area contributed by atoms with Gasteiger partial charge in [-0.25, -0.2) is 4.39 Å². The lowest BCUT2D eigenvalue weighted by molar-refractivity contribution is -0.125. The fourth-order valence-corrected chi connectivity index (χ4v) is 3.25. The molecular formula is C22H25FN2O. The van der Waals surface area contributed by atoms with Crippen LogP contribution in [0, 0.1) is 5.82 Å². The van der Waals surface area contributed by atoms with E-state index in [4.69, 9.17) is 0 Å². The lowest BCUT2D eigenvalue weighted by atomic mass is 9.99. The van der Waals surface area contributed by atoms with Crippen molar-refractivity contribution >= 4 is 11.5 Å². The summed E-state index contributed by atoms with van der Waals surface area (Å²) in [5, 5.41) is 2.99. The van der Waals surface area contributed by atoms with Gasteiger partial charge in [0.25, 0.3) is 0 Å². The van der Waals surface area contributed by atoms with Gasteiger partial charge >= 0.3 is 0 Å². The van der Waals surface area contributed by atoms with Gasteiger partial charge in [0.2, 0.25) is 5.91 Å². The topological polar surface area (TPSA) is 32.3 Å². The minimum Gasteiger partial charge on any atom is -0.354 e. The molecule has 1 atom stereocenters. The first-order chi connectivity index (χ1) is 12.6. The molecule has 1 aliphatic heterocycles. The summed E-state index contributed by atoms with van der Waals surface area (Å²) in [5.41, 5.74) is 3.64. The van der Waals surface area contributed by atoms with Crippen LogP contribution in [0.15, 0.2) is 60.7 Å². The Bertz CT molecular complexity index is 755. The van der Waals surface area contributed by atoms with Crippen LogP contribution in [0.1, 0.15) is 24.5 Å². The number of hydrogen-bond acceptors (Lipinski definition) is 2. The monoisotopic (exact) mass is 352 g/mol. The first-order valence-electron chi connectivity index (χ1n) is 9.14. The number of nitrogens with one attached hydrogen (secondary N) is 1. The molecule has 1 aliphatic rings. The van der Waals surface area contributed by atoms with Crippen LogP contribution in [-0.2, 0) is 11.2 Å². The summed E-state index contributed by atoms with van der Waals surface area (Å²) >= 11 is 0. The summed E-state index contributed by atoms with van der Waals surface area (Å²) < 4.78 is 12.9. The zero-order valence-electron chi connectivity index (χ0n) is 15.1. The Morgan fingerprint density at radius 2 is 1.88 bits per heavy atom. The molecule has 0 spiro atoms. The highest BCUT2D eigenvalue weighted by Crippen LogP contribution is 2.22. The Morgan fingerprint density at radius 3 is 2.54 bits per heavy atom. The van der Waals surface area contributed by atoms with Crippen molar-refractivity contribution in [3.63, 3.8) is 0 Å². The highest BCUT2D eigenvalue weighted by molar-refractivity contribution is 5.81. The van der Waals surface area contributed by atoms with E-state index < -0.39 is 0 Å². The second kappa shape index (κ2) is 8.77. The van der Waals surface area contributed by atoms with Crippen LogP contribution in [0.25, 0.3) is 5.57 Å². The fraction of sp³-hybridized carbons (Fsp3) is 0.318. The summed E-state index contributed by atoms with van der Waals surface area (Å²) in [6, 6.07) is 16.7. The third-order valence-electron chi connectivity index (χ3n) is 4.94. The predicted molar refractivity (Wildman–Crippen MR) is 103 cm³/mol. The number of rotatable bonds is 6. The molecule has 0 aliphatic carbocycles. The molecule has 0 fully saturated rings. The Morgan fingerprint density at radius 1 is 1.15 bits per heavy atom. The molecule has 0 unspecified atom stereocenters. The molecule has 2 aromatic rings. The first-order valence-corrected chi connectivity index (χ1v) is 9.14. The number of hydrogen-bond donors (Lipinski definition) is 1. The van der Waals surface area contributed by atoms with Crippen LogP contribution in [0.4, 0.5) is 4.39 Å². The van der Waals surface area contributed by atoms with E-state index in [1.165, 1.54) is 23.3 Å². The Kier molecular flexibility index (Phi) is 6.18. The smallest absolute Gasteiger partial charge is 0.237 e. The van der Waals surface area contributed by atoms with Gasteiger partial charge in [-0.3, -0.25) is 9.69 Å². The molecule has 0 saturated carbocycles. The lowest BCUT2D eigenvalue weighted by Crippen LogP contribution is -2.47. The number of benzene rings is 2. The van der Waals surface area contributed by atoms with E-state index >= 15 is 0 Å². The van der Waals surface area contributed by atoms with Crippen LogP contribution >= 0.6 is 0 Å². The molecule has 0 aromatic heterocycles. The van der Waals surface area contributed by atoms with Crippen LogP contribution in [0.2, 0.25) is 0 Å².